The quantitative estimate of drug-likeness (QED) is 0.456. The van der Waals surface area contributed by atoms with Crippen molar-refractivity contribution in [3.63, 3.8) is 0 Å². The van der Waals surface area contributed by atoms with Crippen LogP contribution in [0.2, 0.25) is 5.15 Å². The van der Waals surface area contributed by atoms with Crippen LogP contribution in [-0.4, -0.2) is 32.4 Å². The molecule has 10 heteroatoms. The van der Waals surface area contributed by atoms with E-state index in [9.17, 15) is 13.6 Å². The highest BCUT2D eigenvalue weighted by Crippen LogP contribution is 2.25. The van der Waals surface area contributed by atoms with Gasteiger partial charge in [0.25, 0.3) is 5.91 Å². The molecule has 0 aliphatic carbocycles. The van der Waals surface area contributed by atoms with Crippen LogP contribution in [0.25, 0.3) is 11.3 Å². The summed E-state index contributed by atoms with van der Waals surface area (Å²) in [7, 11) is 1.79. The second kappa shape index (κ2) is 8.65. The van der Waals surface area contributed by atoms with Crippen LogP contribution in [0.15, 0.2) is 59.4 Å². The fraction of sp³-hybridized carbons (Fsp3) is 0.143. The molecule has 1 aromatic carbocycles. The zero-order chi connectivity index (χ0) is 22.0. The molecule has 0 saturated carbocycles. The molecule has 1 N–H and O–H groups in total. The van der Waals surface area contributed by atoms with Gasteiger partial charge in [0.05, 0.1) is 17.5 Å². The molecule has 1 amide bonds. The van der Waals surface area contributed by atoms with Crippen molar-refractivity contribution in [1.82, 2.24) is 25.2 Å². The summed E-state index contributed by atoms with van der Waals surface area (Å²) in [4.78, 5) is 17.0. The Balaban J connectivity index is 1.52. The van der Waals surface area contributed by atoms with Crippen LogP contribution in [0, 0.1) is 11.6 Å². The number of hydrogen-bond donors (Lipinski definition) is 1. The average Bonchev–Trinajstić information content (AvgIpc) is 3.38. The van der Waals surface area contributed by atoms with Crippen LogP contribution < -0.4 is 5.32 Å². The Labute approximate surface area is 180 Å². The summed E-state index contributed by atoms with van der Waals surface area (Å²) in [6.45, 7) is 0.185. The topological polar surface area (TPSA) is 85.8 Å². The van der Waals surface area contributed by atoms with Crippen molar-refractivity contribution in [3.8, 4) is 11.3 Å². The third kappa shape index (κ3) is 4.61. The molecule has 3 aromatic heterocycles. The number of carbonyl (C=O) groups excluding carboxylic acids is 1. The van der Waals surface area contributed by atoms with E-state index in [4.69, 9.17) is 16.1 Å². The SMILES string of the molecule is Cn1cc(C(CNC(=O)c2cc(-c3ccc(F)cc3F)on2)c2cccc(Cl)n2)cn1. The number of hydrogen-bond acceptors (Lipinski definition) is 5. The fourth-order valence-electron chi connectivity index (χ4n) is 3.12. The van der Waals surface area contributed by atoms with Gasteiger partial charge in [0.15, 0.2) is 11.5 Å². The molecule has 0 bridgehead atoms. The highest BCUT2D eigenvalue weighted by molar-refractivity contribution is 6.29. The molecule has 1 atom stereocenters. The van der Waals surface area contributed by atoms with Gasteiger partial charge >= 0.3 is 0 Å². The van der Waals surface area contributed by atoms with Gasteiger partial charge in [0.2, 0.25) is 0 Å². The molecule has 4 rings (SSSR count). The van der Waals surface area contributed by atoms with Crippen molar-refractivity contribution in [1.29, 1.82) is 0 Å². The lowest BCUT2D eigenvalue weighted by Crippen LogP contribution is -2.29. The maximum Gasteiger partial charge on any atom is 0.273 e. The first kappa shape index (κ1) is 20.7. The standard InChI is InChI=1S/C21H16ClF2N5O2/c1-29-11-12(9-26-29)15(17-3-2-4-20(22)27-17)10-25-21(30)18-8-19(31-28-18)14-6-5-13(23)7-16(14)24/h2-9,11,15H,10H2,1H3,(H,25,30). The number of halogens is 3. The first-order valence-corrected chi connectivity index (χ1v) is 9.60. The van der Waals surface area contributed by atoms with Crippen molar-refractivity contribution >= 4 is 17.5 Å². The van der Waals surface area contributed by atoms with E-state index in [-0.39, 0.29) is 29.5 Å². The molecule has 3 heterocycles. The van der Waals surface area contributed by atoms with Crippen molar-refractivity contribution in [2.75, 3.05) is 6.54 Å². The van der Waals surface area contributed by atoms with Crippen molar-refractivity contribution in [2.24, 2.45) is 7.05 Å². The second-order valence-electron chi connectivity index (χ2n) is 6.80. The Morgan fingerprint density at radius 1 is 1.26 bits per heavy atom. The lowest BCUT2D eigenvalue weighted by molar-refractivity contribution is 0.0943. The smallest absolute Gasteiger partial charge is 0.273 e. The van der Waals surface area contributed by atoms with Gasteiger partial charge in [-0.05, 0) is 24.3 Å². The Morgan fingerprint density at radius 3 is 2.81 bits per heavy atom. The highest BCUT2D eigenvalue weighted by Gasteiger charge is 2.21. The highest BCUT2D eigenvalue weighted by atomic mass is 35.5. The van der Waals surface area contributed by atoms with Gasteiger partial charge in [0.1, 0.15) is 16.8 Å². The van der Waals surface area contributed by atoms with Crippen LogP contribution in [0.5, 0.6) is 0 Å². The van der Waals surface area contributed by atoms with Crippen LogP contribution in [0.4, 0.5) is 8.78 Å². The maximum atomic E-state index is 14.0. The molecule has 0 aliphatic heterocycles. The summed E-state index contributed by atoms with van der Waals surface area (Å²) in [6, 6.07) is 9.58. The van der Waals surface area contributed by atoms with Gasteiger partial charge in [-0.1, -0.05) is 22.8 Å². The lowest BCUT2D eigenvalue weighted by Gasteiger charge is -2.15. The Morgan fingerprint density at radius 2 is 2.10 bits per heavy atom. The summed E-state index contributed by atoms with van der Waals surface area (Å²) in [5.41, 5.74) is 1.47. The third-order valence-corrected chi connectivity index (χ3v) is 4.84. The number of carbonyl (C=O) groups is 1. The Hall–Kier alpha value is -3.59. The van der Waals surface area contributed by atoms with Crippen molar-refractivity contribution in [2.45, 2.75) is 5.92 Å². The molecule has 0 spiro atoms. The predicted octanol–water partition coefficient (Wildman–Crippen LogP) is 3.96. The molecule has 7 nitrogen and oxygen atoms in total. The van der Waals surface area contributed by atoms with Crippen LogP contribution in [0.1, 0.15) is 27.7 Å². The Bertz CT molecular complexity index is 1240. The van der Waals surface area contributed by atoms with E-state index in [0.717, 1.165) is 17.7 Å². The van der Waals surface area contributed by atoms with E-state index in [1.807, 2.05) is 6.20 Å². The Kier molecular flexibility index (Phi) is 5.77. The van der Waals surface area contributed by atoms with Gasteiger partial charge in [-0.3, -0.25) is 9.48 Å². The van der Waals surface area contributed by atoms with E-state index in [0.29, 0.717) is 10.8 Å². The van der Waals surface area contributed by atoms with E-state index in [1.165, 1.54) is 12.1 Å². The number of aromatic nitrogens is 4. The number of benzene rings is 1. The fourth-order valence-corrected chi connectivity index (χ4v) is 3.29. The van der Waals surface area contributed by atoms with E-state index < -0.39 is 17.5 Å². The number of nitrogens with zero attached hydrogens (tertiary/aromatic N) is 4. The minimum atomic E-state index is -0.813. The van der Waals surface area contributed by atoms with E-state index in [2.05, 4.69) is 20.6 Å². The molecule has 0 fully saturated rings. The minimum absolute atomic E-state index is 0.00399. The summed E-state index contributed by atoms with van der Waals surface area (Å²) in [5, 5.41) is 11.0. The average molecular weight is 444 g/mol. The van der Waals surface area contributed by atoms with Gasteiger partial charge in [0, 0.05) is 43.4 Å². The third-order valence-electron chi connectivity index (χ3n) is 4.63. The van der Waals surface area contributed by atoms with Gasteiger partial charge in [-0.2, -0.15) is 5.10 Å². The monoisotopic (exact) mass is 443 g/mol. The zero-order valence-corrected chi connectivity index (χ0v) is 17.0. The van der Waals surface area contributed by atoms with Gasteiger partial charge in [-0.15, -0.1) is 0 Å². The van der Waals surface area contributed by atoms with Gasteiger partial charge < -0.3 is 9.84 Å². The molecule has 0 saturated heterocycles. The zero-order valence-electron chi connectivity index (χ0n) is 16.2. The van der Waals surface area contributed by atoms with Crippen molar-refractivity contribution in [3.05, 3.63) is 88.6 Å². The maximum absolute atomic E-state index is 14.0. The second-order valence-corrected chi connectivity index (χ2v) is 7.18. The number of aryl methyl sites for hydroxylation is 1. The molecule has 0 radical (unpaired) electrons. The molecule has 31 heavy (non-hydrogen) atoms. The number of amides is 1. The minimum Gasteiger partial charge on any atom is -0.355 e. The number of nitrogens with one attached hydrogen (secondary N) is 1. The predicted molar refractivity (Wildman–Crippen MR) is 108 cm³/mol. The molecule has 0 aliphatic rings. The first-order valence-electron chi connectivity index (χ1n) is 9.22. The van der Waals surface area contributed by atoms with Crippen LogP contribution >= 0.6 is 11.6 Å². The molecule has 158 valence electrons. The van der Waals surface area contributed by atoms with E-state index in [1.54, 1.807) is 36.1 Å². The molecule has 1 unspecified atom stereocenters. The summed E-state index contributed by atoms with van der Waals surface area (Å²) >= 11 is 6.03. The largest absolute Gasteiger partial charge is 0.355 e. The summed E-state index contributed by atoms with van der Waals surface area (Å²) in [6.07, 6.45) is 3.51. The normalized spacial score (nSPS) is 12.0. The first-order chi connectivity index (χ1) is 14.9. The van der Waals surface area contributed by atoms with Gasteiger partial charge in [-0.25, -0.2) is 13.8 Å². The number of rotatable bonds is 6. The summed E-state index contributed by atoms with van der Waals surface area (Å²) in [5.74, 6) is -2.34. The lowest BCUT2D eigenvalue weighted by atomic mass is 9.98. The number of pyridine rings is 1. The van der Waals surface area contributed by atoms with Crippen LogP contribution in [-0.2, 0) is 7.05 Å². The van der Waals surface area contributed by atoms with Crippen LogP contribution in [0.3, 0.4) is 0 Å². The molecule has 4 aromatic rings. The van der Waals surface area contributed by atoms with Crippen molar-refractivity contribution < 1.29 is 18.1 Å². The summed E-state index contributed by atoms with van der Waals surface area (Å²) < 4.78 is 33.8. The van der Waals surface area contributed by atoms with E-state index >= 15 is 0 Å². The molecular weight excluding hydrogens is 428 g/mol. The molecular formula is C21H16ClF2N5O2.